The summed E-state index contributed by atoms with van der Waals surface area (Å²) >= 11 is 0. The highest BCUT2D eigenvalue weighted by molar-refractivity contribution is 6.25. The summed E-state index contributed by atoms with van der Waals surface area (Å²) in [7, 11) is 1.80. The molecule has 0 aliphatic carbocycles. The molecule has 0 atom stereocenters. The Balaban J connectivity index is 2.25. The molecule has 1 heterocycles. The molecule has 0 radical (unpaired) electrons. The lowest BCUT2D eigenvalue weighted by Crippen LogP contribution is -2.40. The number of rotatable bonds is 6. The van der Waals surface area contributed by atoms with Crippen molar-refractivity contribution in [1.29, 1.82) is 0 Å². The van der Waals surface area contributed by atoms with Gasteiger partial charge in [-0.2, -0.15) is 4.57 Å². The maximum absolute atomic E-state index is 11.8. The van der Waals surface area contributed by atoms with Crippen molar-refractivity contribution < 1.29 is 19.4 Å². The number of aryl methyl sites for hydroxylation is 1. The number of amides is 2. The molecule has 0 aliphatic rings. The van der Waals surface area contributed by atoms with Crippen LogP contribution in [-0.4, -0.2) is 36.3 Å². The fourth-order valence-corrected chi connectivity index (χ4v) is 1.45. The number of hydrogen-bond acceptors (Lipinski definition) is 4. The van der Waals surface area contributed by atoms with Crippen LogP contribution in [-0.2, 0) is 11.8 Å². The maximum atomic E-state index is 11.8. The van der Waals surface area contributed by atoms with Crippen LogP contribution in [0.5, 0.6) is 0 Å². The van der Waals surface area contributed by atoms with Crippen molar-refractivity contribution in [1.82, 2.24) is 10.6 Å². The van der Waals surface area contributed by atoms with Crippen LogP contribution in [0.1, 0.15) is 16.9 Å². The topological polar surface area (TPSA) is 94.7 Å². The number of oxime groups is 1. The van der Waals surface area contributed by atoms with Crippen LogP contribution >= 0.6 is 0 Å². The van der Waals surface area contributed by atoms with Crippen molar-refractivity contribution in [2.24, 2.45) is 12.2 Å². The van der Waals surface area contributed by atoms with E-state index in [-0.39, 0.29) is 5.91 Å². The van der Waals surface area contributed by atoms with Crippen molar-refractivity contribution in [2.75, 3.05) is 13.1 Å². The normalized spacial score (nSPS) is 10.4. The second-order valence-electron chi connectivity index (χ2n) is 3.84. The molecule has 0 unspecified atom stereocenters. The van der Waals surface area contributed by atoms with Crippen LogP contribution in [0.15, 0.2) is 29.6 Å². The van der Waals surface area contributed by atoms with E-state index in [4.69, 9.17) is 5.21 Å². The molecule has 1 rings (SSSR count). The smallest absolute Gasteiger partial charge is 0.316 e. The molecule has 0 saturated heterocycles. The van der Waals surface area contributed by atoms with Crippen LogP contribution in [0, 0.1) is 0 Å². The molecule has 2 amide bonds. The van der Waals surface area contributed by atoms with E-state index >= 15 is 0 Å². The van der Waals surface area contributed by atoms with Gasteiger partial charge in [0.15, 0.2) is 6.20 Å². The fraction of sp³-hybridized carbons (Fsp3) is 0.333. The van der Waals surface area contributed by atoms with Crippen molar-refractivity contribution in [3.63, 3.8) is 0 Å². The third-order valence-corrected chi connectivity index (χ3v) is 2.40. The van der Waals surface area contributed by atoms with E-state index in [0.717, 1.165) is 6.21 Å². The summed E-state index contributed by atoms with van der Waals surface area (Å²) in [6.45, 7) is 0.844. The average molecular weight is 265 g/mol. The number of nitrogens with zero attached hydrogens (tertiary/aromatic N) is 2. The zero-order valence-electron chi connectivity index (χ0n) is 10.7. The molecule has 7 nitrogen and oxygen atoms in total. The summed E-state index contributed by atoms with van der Waals surface area (Å²) in [5, 5.41) is 16.0. The van der Waals surface area contributed by atoms with E-state index in [1.54, 1.807) is 29.9 Å². The molecular formula is C12H17N4O3+. The Hall–Kier alpha value is -2.44. The van der Waals surface area contributed by atoms with E-state index < -0.39 is 5.91 Å². The molecule has 1 aromatic rings. The highest BCUT2D eigenvalue weighted by atomic mass is 16.4. The molecule has 0 bridgehead atoms. The lowest BCUT2D eigenvalue weighted by atomic mass is 10.3. The molecule has 0 spiro atoms. The van der Waals surface area contributed by atoms with E-state index in [0.29, 0.717) is 25.2 Å². The van der Waals surface area contributed by atoms with Crippen LogP contribution in [0.2, 0.25) is 0 Å². The Kier molecular flexibility index (Phi) is 6.00. The first-order chi connectivity index (χ1) is 9.15. The van der Waals surface area contributed by atoms with Gasteiger partial charge in [0.25, 0.3) is 11.6 Å². The van der Waals surface area contributed by atoms with E-state index in [9.17, 15) is 9.59 Å². The van der Waals surface area contributed by atoms with Gasteiger partial charge in [-0.25, -0.2) is 0 Å². The first kappa shape index (κ1) is 14.6. The van der Waals surface area contributed by atoms with Gasteiger partial charge >= 0.3 is 5.91 Å². The van der Waals surface area contributed by atoms with Gasteiger partial charge in [0.1, 0.15) is 13.3 Å². The molecule has 0 fully saturated rings. The van der Waals surface area contributed by atoms with Crippen LogP contribution in [0.4, 0.5) is 0 Å². The number of pyridine rings is 1. The highest BCUT2D eigenvalue weighted by Gasteiger charge is 2.14. The molecule has 0 saturated carbocycles. The summed E-state index contributed by atoms with van der Waals surface area (Å²) < 4.78 is 1.73. The van der Waals surface area contributed by atoms with Crippen molar-refractivity contribution >= 4 is 18.0 Å². The zero-order valence-corrected chi connectivity index (χ0v) is 10.7. The van der Waals surface area contributed by atoms with Gasteiger partial charge in [0, 0.05) is 25.2 Å². The van der Waals surface area contributed by atoms with E-state index in [2.05, 4.69) is 15.8 Å². The Morgan fingerprint density at radius 1 is 1.37 bits per heavy atom. The predicted octanol–water partition coefficient (Wildman–Crippen LogP) is -0.793. The molecule has 1 aromatic heterocycles. The quantitative estimate of drug-likeness (QED) is 0.207. The fourth-order valence-electron chi connectivity index (χ4n) is 1.45. The highest BCUT2D eigenvalue weighted by Crippen LogP contribution is 1.90. The van der Waals surface area contributed by atoms with E-state index in [1.807, 2.05) is 6.07 Å². The van der Waals surface area contributed by atoms with Gasteiger partial charge in [-0.05, 0) is 12.5 Å². The summed E-state index contributed by atoms with van der Waals surface area (Å²) in [4.78, 5) is 22.7. The van der Waals surface area contributed by atoms with Gasteiger partial charge in [0.05, 0.1) is 0 Å². The molecule has 0 aromatic carbocycles. The van der Waals surface area contributed by atoms with Gasteiger partial charge in [0.2, 0.25) is 0 Å². The summed E-state index contributed by atoms with van der Waals surface area (Å²) in [6.07, 6.45) is 3.17. The molecule has 7 heteroatoms. The minimum atomic E-state index is -0.469. The monoisotopic (exact) mass is 265 g/mol. The lowest BCUT2D eigenvalue weighted by molar-refractivity contribution is -0.673. The Bertz CT molecular complexity index is 474. The van der Waals surface area contributed by atoms with Gasteiger partial charge < -0.3 is 15.8 Å². The summed E-state index contributed by atoms with van der Waals surface area (Å²) in [5.41, 5.74) is 0.568. The van der Waals surface area contributed by atoms with Gasteiger partial charge in [-0.15, -0.1) is 0 Å². The zero-order chi connectivity index (χ0) is 14.1. The molecule has 3 N–H and O–H groups in total. The van der Waals surface area contributed by atoms with Gasteiger partial charge in [-0.3, -0.25) is 9.59 Å². The van der Waals surface area contributed by atoms with Crippen molar-refractivity contribution in [3.8, 4) is 0 Å². The Morgan fingerprint density at radius 3 is 2.79 bits per heavy atom. The SMILES string of the molecule is C[n+]1ccccc1C(=O)NCCCNC(=O)/C=N\O. The van der Waals surface area contributed by atoms with Crippen LogP contribution < -0.4 is 15.2 Å². The number of carbonyl (C=O) groups excluding carboxylic acids is 2. The Labute approximate surface area is 110 Å². The molecule has 19 heavy (non-hydrogen) atoms. The largest absolute Gasteiger partial charge is 0.411 e. The van der Waals surface area contributed by atoms with E-state index in [1.165, 1.54) is 0 Å². The lowest BCUT2D eigenvalue weighted by Gasteiger charge is -2.04. The Morgan fingerprint density at radius 2 is 2.11 bits per heavy atom. The number of aromatic nitrogens is 1. The second kappa shape index (κ2) is 7.80. The van der Waals surface area contributed by atoms with Gasteiger partial charge in [-0.1, -0.05) is 5.16 Å². The first-order valence-electron chi connectivity index (χ1n) is 5.83. The molecule has 102 valence electrons. The maximum Gasteiger partial charge on any atom is 0.316 e. The third-order valence-electron chi connectivity index (χ3n) is 2.40. The number of carbonyl (C=O) groups is 2. The van der Waals surface area contributed by atoms with Crippen LogP contribution in [0.25, 0.3) is 0 Å². The standard InChI is InChI=1S/C12H16N4O3/c1-16-8-3-2-5-10(16)12(18)14-7-4-6-13-11(17)9-15-19/h2-3,5,8-9H,4,6-7H2,1H3,(H2-,13,14,17,18,19)/p+1. The second-order valence-corrected chi connectivity index (χ2v) is 3.84. The van der Waals surface area contributed by atoms with Crippen molar-refractivity contribution in [2.45, 2.75) is 6.42 Å². The minimum Gasteiger partial charge on any atom is -0.411 e. The molecule has 0 aliphatic heterocycles. The molecular weight excluding hydrogens is 248 g/mol. The minimum absolute atomic E-state index is 0.161. The number of nitrogens with one attached hydrogen (secondary N) is 2. The van der Waals surface area contributed by atoms with Crippen LogP contribution in [0.3, 0.4) is 0 Å². The summed E-state index contributed by atoms with van der Waals surface area (Å²) in [6, 6.07) is 5.37. The average Bonchev–Trinajstić information content (AvgIpc) is 2.39. The summed E-state index contributed by atoms with van der Waals surface area (Å²) in [5.74, 6) is -0.630. The van der Waals surface area contributed by atoms with Crippen molar-refractivity contribution in [3.05, 3.63) is 30.1 Å². The third kappa shape index (κ3) is 5.15. The number of hydrogen-bond donors (Lipinski definition) is 3. The first-order valence-corrected chi connectivity index (χ1v) is 5.83. The predicted molar refractivity (Wildman–Crippen MR) is 67.9 cm³/mol.